The summed E-state index contributed by atoms with van der Waals surface area (Å²) in [6.45, 7) is -0.524. The van der Waals surface area contributed by atoms with Gasteiger partial charge in [0.05, 0.1) is 19.1 Å². The van der Waals surface area contributed by atoms with Gasteiger partial charge in [-0.15, -0.1) is 0 Å². The minimum Gasteiger partial charge on any atom is -0.497 e. The Labute approximate surface area is 144 Å². The van der Waals surface area contributed by atoms with Gasteiger partial charge >= 0.3 is 0 Å². The molecule has 0 aliphatic carbocycles. The minimum atomic E-state index is -3.74. The van der Waals surface area contributed by atoms with Crippen molar-refractivity contribution in [3.63, 3.8) is 0 Å². The Morgan fingerprint density at radius 1 is 1.12 bits per heavy atom. The second-order valence-electron chi connectivity index (χ2n) is 5.14. The van der Waals surface area contributed by atoms with Crippen LogP contribution < -0.4 is 14.4 Å². The number of methoxy groups -OCH3 is 1. The minimum absolute atomic E-state index is 0.0204. The van der Waals surface area contributed by atoms with Gasteiger partial charge in [0.2, 0.25) is 15.9 Å². The molecule has 2 aromatic carbocycles. The van der Waals surface area contributed by atoms with Crippen LogP contribution in [0.5, 0.6) is 5.75 Å². The first kappa shape index (κ1) is 18.7. The van der Waals surface area contributed by atoms with Crippen LogP contribution in [0.4, 0.5) is 20.2 Å². The number of anilines is 2. The van der Waals surface area contributed by atoms with Crippen LogP contribution in [0.2, 0.25) is 0 Å². The molecule has 9 heteroatoms. The number of carbonyl (C=O) groups excluding carboxylic acids is 1. The average molecular weight is 370 g/mol. The molecule has 0 spiro atoms. The van der Waals surface area contributed by atoms with Gasteiger partial charge in [0.25, 0.3) is 0 Å². The predicted octanol–water partition coefficient (Wildman–Crippen LogP) is 2.38. The van der Waals surface area contributed by atoms with Crippen molar-refractivity contribution in [2.45, 2.75) is 0 Å². The Balaban J connectivity index is 2.18. The standard InChI is InChI=1S/C16H16F2N2O4S/c1-24-13-6-4-12(5-7-13)20(25(2,22)23)10-16(21)19-11-3-8-14(17)15(18)9-11/h3-9H,10H2,1-2H3,(H,19,21). The maximum Gasteiger partial charge on any atom is 0.245 e. The van der Waals surface area contributed by atoms with Gasteiger partial charge in [-0.1, -0.05) is 0 Å². The van der Waals surface area contributed by atoms with Crippen molar-refractivity contribution < 1.29 is 26.7 Å². The van der Waals surface area contributed by atoms with Gasteiger partial charge in [-0.3, -0.25) is 9.10 Å². The number of benzene rings is 2. The van der Waals surface area contributed by atoms with Crippen molar-refractivity contribution in [2.24, 2.45) is 0 Å². The zero-order valence-electron chi connectivity index (χ0n) is 13.5. The van der Waals surface area contributed by atoms with E-state index in [1.165, 1.54) is 25.3 Å². The van der Waals surface area contributed by atoms with E-state index < -0.39 is 34.1 Å². The zero-order chi connectivity index (χ0) is 18.6. The number of nitrogens with zero attached hydrogens (tertiary/aromatic N) is 1. The molecular weight excluding hydrogens is 354 g/mol. The molecule has 134 valence electrons. The summed E-state index contributed by atoms with van der Waals surface area (Å²) in [6, 6.07) is 8.94. The number of ether oxygens (including phenoxy) is 1. The molecule has 0 heterocycles. The molecular formula is C16H16F2N2O4S. The Morgan fingerprint density at radius 3 is 2.28 bits per heavy atom. The van der Waals surface area contributed by atoms with Crippen molar-refractivity contribution in [2.75, 3.05) is 29.5 Å². The molecule has 6 nitrogen and oxygen atoms in total. The Bertz CT molecular complexity index is 870. The topological polar surface area (TPSA) is 75.7 Å². The van der Waals surface area contributed by atoms with E-state index in [9.17, 15) is 22.0 Å². The van der Waals surface area contributed by atoms with Crippen LogP contribution >= 0.6 is 0 Å². The van der Waals surface area contributed by atoms with Gasteiger partial charge in [0, 0.05) is 11.8 Å². The number of sulfonamides is 1. The third kappa shape index (κ3) is 4.90. The lowest BCUT2D eigenvalue weighted by Gasteiger charge is -2.22. The van der Waals surface area contributed by atoms with Crippen molar-refractivity contribution in [1.29, 1.82) is 0 Å². The quantitative estimate of drug-likeness (QED) is 0.847. The number of carbonyl (C=O) groups is 1. The van der Waals surface area contributed by atoms with Gasteiger partial charge < -0.3 is 10.1 Å². The molecule has 0 saturated carbocycles. The van der Waals surface area contributed by atoms with E-state index in [1.54, 1.807) is 12.1 Å². The van der Waals surface area contributed by atoms with Crippen molar-refractivity contribution in [3.05, 3.63) is 54.1 Å². The number of amides is 1. The lowest BCUT2D eigenvalue weighted by atomic mass is 10.3. The summed E-state index contributed by atoms with van der Waals surface area (Å²) < 4.78 is 55.9. The number of halogens is 2. The molecule has 0 aliphatic rings. The largest absolute Gasteiger partial charge is 0.497 e. The van der Waals surface area contributed by atoms with Gasteiger partial charge in [0.1, 0.15) is 12.3 Å². The summed E-state index contributed by atoms with van der Waals surface area (Å²) in [5, 5.41) is 2.33. The molecule has 0 fully saturated rings. The molecule has 0 radical (unpaired) electrons. The third-order valence-corrected chi connectivity index (χ3v) is 4.39. The molecule has 0 aromatic heterocycles. The highest BCUT2D eigenvalue weighted by Gasteiger charge is 2.21. The fourth-order valence-electron chi connectivity index (χ4n) is 2.05. The summed E-state index contributed by atoms with van der Waals surface area (Å²) in [6.07, 6.45) is 0.960. The number of hydrogen-bond donors (Lipinski definition) is 1. The average Bonchev–Trinajstić information content (AvgIpc) is 2.55. The maximum atomic E-state index is 13.2. The number of nitrogens with one attached hydrogen (secondary N) is 1. The van der Waals surface area contributed by atoms with Crippen molar-refractivity contribution in [3.8, 4) is 5.75 Å². The first-order valence-corrected chi connectivity index (χ1v) is 8.92. The van der Waals surface area contributed by atoms with Crippen molar-refractivity contribution >= 4 is 27.3 Å². The molecule has 25 heavy (non-hydrogen) atoms. The molecule has 0 aliphatic heterocycles. The molecule has 0 saturated heterocycles. The molecule has 2 aromatic rings. The van der Waals surface area contributed by atoms with Crippen LogP contribution in [0.3, 0.4) is 0 Å². The van der Waals surface area contributed by atoms with Gasteiger partial charge in [-0.2, -0.15) is 0 Å². The molecule has 1 N–H and O–H groups in total. The van der Waals surface area contributed by atoms with Gasteiger partial charge in [-0.25, -0.2) is 17.2 Å². The molecule has 1 amide bonds. The highest BCUT2D eigenvalue weighted by molar-refractivity contribution is 7.92. The zero-order valence-corrected chi connectivity index (χ0v) is 14.3. The lowest BCUT2D eigenvalue weighted by molar-refractivity contribution is -0.114. The smallest absolute Gasteiger partial charge is 0.245 e. The van der Waals surface area contributed by atoms with E-state index in [0.29, 0.717) is 5.75 Å². The maximum absolute atomic E-state index is 13.2. The van der Waals surface area contributed by atoms with E-state index in [-0.39, 0.29) is 11.4 Å². The van der Waals surface area contributed by atoms with E-state index in [1.807, 2.05) is 0 Å². The van der Waals surface area contributed by atoms with Crippen LogP contribution in [0, 0.1) is 11.6 Å². The van der Waals surface area contributed by atoms with Crippen LogP contribution in [0.25, 0.3) is 0 Å². The summed E-state index contributed by atoms with van der Waals surface area (Å²) in [4.78, 5) is 12.1. The summed E-state index contributed by atoms with van der Waals surface area (Å²) in [7, 11) is -2.27. The van der Waals surface area contributed by atoms with Crippen LogP contribution in [0.15, 0.2) is 42.5 Å². The Hall–Kier alpha value is -2.68. The first-order chi connectivity index (χ1) is 11.7. The Morgan fingerprint density at radius 2 is 1.76 bits per heavy atom. The predicted molar refractivity (Wildman–Crippen MR) is 90.2 cm³/mol. The molecule has 0 unspecified atom stereocenters. The van der Waals surface area contributed by atoms with E-state index >= 15 is 0 Å². The molecule has 0 bridgehead atoms. The third-order valence-electron chi connectivity index (χ3n) is 3.25. The summed E-state index contributed by atoms with van der Waals surface area (Å²) >= 11 is 0. The highest BCUT2D eigenvalue weighted by Crippen LogP contribution is 2.21. The van der Waals surface area contributed by atoms with Crippen LogP contribution in [-0.4, -0.2) is 34.2 Å². The highest BCUT2D eigenvalue weighted by atomic mass is 32.2. The Kier molecular flexibility index (Phi) is 5.58. The van der Waals surface area contributed by atoms with Crippen LogP contribution in [0.1, 0.15) is 0 Å². The lowest BCUT2D eigenvalue weighted by Crippen LogP contribution is -2.37. The van der Waals surface area contributed by atoms with Crippen molar-refractivity contribution in [1.82, 2.24) is 0 Å². The summed E-state index contributed by atoms with van der Waals surface area (Å²) in [5.74, 6) is -2.34. The first-order valence-electron chi connectivity index (χ1n) is 7.07. The summed E-state index contributed by atoms with van der Waals surface area (Å²) in [5.41, 5.74) is 0.288. The second kappa shape index (κ2) is 7.47. The number of rotatable bonds is 6. The van der Waals surface area contributed by atoms with Crippen LogP contribution in [-0.2, 0) is 14.8 Å². The van der Waals surface area contributed by atoms with Gasteiger partial charge in [0.15, 0.2) is 11.6 Å². The fraction of sp³-hybridized carbons (Fsp3) is 0.188. The van der Waals surface area contributed by atoms with E-state index in [4.69, 9.17) is 4.74 Å². The van der Waals surface area contributed by atoms with Gasteiger partial charge in [-0.05, 0) is 36.4 Å². The fourth-order valence-corrected chi connectivity index (χ4v) is 2.91. The molecule has 0 atom stereocenters. The second-order valence-corrected chi connectivity index (χ2v) is 7.05. The van der Waals surface area contributed by atoms with E-state index in [2.05, 4.69) is 5.32 Å². The SMILES string of the molecule is COc1ccc(N(CC(=O)Nc2ccc(F)c(F)c2)S(C)(=O)=O)cc1. The number of hydrogen-bond acceptors (Lipinski definition) is 4. The van der Waals surface area contributed by atoms with E-state index in [0.717, 1.165) is 22.7 Å². The molecule has 2 rings (SSSR count). The monoisotopic (exact) mass is 370 g/mol. The normalized spacial score (nSPS) is 11.0.